The van der Waals surface area contributed by atoms with Crippen molar-refractivity contribution in [2.24, 2.45) is 0 Å². The highest BCUT2D eigenvalue weighted by molar-refractivity contribution is 7.80. The molecule has 5 heteroatoms. The summed E-state index contributed by atoms with van der Waals surface area (Å²) in [5, 5.41) is 3.84. The predicted octanol–water partition coefficient (Wildman–Crippen LogP) is 1.65. The van der Waals surface area contributed by atoms with Crippen molar-refractivity contribution in [1.82, 2.24) is 10.2 Å². The van der Waals surface area contributed by atoms with E-state index < -0.39 is 0 Å². The third-order valence-corrected chi connectivity index (χ3v) is 2.99. The van der Waals surface area contributed by atoms with Crippen LogP contribution >= 0.6 is 12.2 Å². The van der Waals surface area contributed by atoms with E-state index in [-0.39, 0.29) is 0 Å². The molecule has 0 aromatic heterocycles. The topological polar surface area (TPSA) is 33.7 Å². The minimum Gasteiger partial charge on any atom is -0.496 e. The van der Waals surface area contributed by atoms with Crippen molar-refractivity contribution < 1.29 is 9.47 Å². The lowest BCUT2D eigenvalue weighted by Crippen LogP contribution is -2.38. The maximum atomic E-state index is 5.31. The molecule has 1 rings (SSSR count). The van der Waals surface area contributed by atoms with Gasteiger partial charge in [0.05, 0.1) is 13.7 Å². The third-order valence-electron chi connectivity index (χ3n) is 2.53. The number of rotatable bonds is 6. The molecule has 0 atom stereocenters. The summed E-state index contributed by atoms with van der Waals surface area (Å²) in [5.41, 5.74) is 1.11. The van der Waals surface area contributed by atoms with Crippen molar-refractivity contribution in [3.8, 4) is 5.75 Å². The monoisotopic (exact) mass is 268 g/mol. The summed E-state index contributed by atoms with van der Waals surface area (Å²) in [6.45, 7) is 2.07. The normalized spacial score (nSPS) is 9.94. The van der Waals surface area contributed by atoms with Gasteiger partial charge in [-0.1, -0.05) is 18.2 Å². The fourth-order valence-electron chi connectivity index (χ4n) is 1.56. The van der Waals surface area contributed by atoms with Gasteiger partial charge in [-0.05, 0) is 18.3 Å². The zero-order valence-electron chi connectivity index (χ0n) is 11.1. The van der Waals surface area contributed by atoms with Crippen molar-refractivity contribution in [2.75, 3.05) is 34.4 Å². The minimum absolute atomic E-state index is 0.642. The van der Waals surface area contributed by atoms with E-state index >= 15 is 0 Å². The average molecular weight is 268 g/mol. The zero-order valence-corrected chi connectivity index (χ0v) is 11.9. The first-order valence-electron chi connectivity index (χ1n) is 5.78. The van der Waals surface area contributed by atoms with E-state index in [1.54, 1.807) is 14.2 Å². The number of benzene rings is 1. The summed E-state index contributed by atoms with van der Waals surface area (Å²) in [6.07, 6.45) is 0. The Morgan fingerprint density at radius 1 is 1.33 bits per heavy atom. The molecule has 4 nitrogen and oxygen atoms in total. The zero-order chi connectivity index (χ0) is 13.4. The van der Waals surface area contributed by atoms with Crippen molar-refractivity contribution in [3.05, 3.63) is 29.8 Å². The summed E-state index contributed by atoms with van der Waals surface area (Å²) in [4.78, 5) is 1.98. The maximum Gasteiger partial charge on any atom is 0.169 e. The molecule has 100 valence electrons. The molecular formula is C13H20N2O2S. The highest BCUT2D eigenvalue weighted by Gasteiger charge is 2.08. The van der Waals surface area contributed by atoms with Gasteiger partial charge in [-0.25, -0.2) is 0 Å². The molecule has 0 fully saturated rings. The Morgan fingerprint density at radius 2 is 2.06 bits per heavy atom. The molecule has 0 bridgehead atoms. The van der Waals surface area contributed by atoms with E-state index in [9.17, 15) is 0 Å². The fraction of sp³-hybridized carbons (Fsp3) is 0.462. The van der Waals surface area contributed by atoms with Crippen LogP contribution in [0.5, 0.6) is 5.75 Å². The van der Waals surface area contributed by atoms with Gasteiger partial charge in [0.25, 0.3) is 0 Å². The first kappa shape index (κ1) is 14.7. The van der Waals surface area contributed by atoms with Gasteiger partial charge in [-0.3, -0.25) is 0 Å². The number of methoxy groups -OCH3 is 2. The number of ether oxygens (including phenoxy) is 2. The van der Waals surface area contributed by atoms with Gasteiger partial charge in [-0.2, -0.15) is 0 Å². The molecule has 18 heavy (non-hydrogen) atoms. The molecule has 0 spiro atoms. The lowest BCUT2D eigenvalue weighted by molar-refractivity contribution is 0.203. The Hall–Kier alpha value is -1.33. The van der Waals surface area contributed by atoms with E-state index in [0.717, 1.165) is 11.3 Å². The standard InChI is InChI=1S/C13H20N2O2S/c1-15(13(18)14-8-9-16-2)10-11-6-4-5-7-12(11)17-3/h4-7H,8-10H2,1-3H3,(H,14,18). The van der Waals surface area contributed by atoms with E-state index in [0.29, 0.717) is 24.8 Å². The molecule has 1 N–H and O–H groups in total. The van der Waals surface area contributed by atoms with Gasteiger partial charge in [-0.15, -0.1) is 0 Å². The van der Waals surface area contributed by atoms with Crippen LogP contribution in [0.1, 0.15) is 5.56 Å². The fourth-order valence-corrected chi connectivity index (χ4v) is 1.72. The maximum absolute atomic E-state index is 5.31. The second-order valence-electron chi connectivity index (χ2n) is 3.89. The van der Waals surface area contributed by atoms with Crippen molar-refractivity contribution in [1.29, 1.82) is 0 Å². The lowest BCUT2D eigenvalue weighted by atomic mass is 10.2. The van der Waals surface area contributed by atoms with Crippen LogP contribution in [0.4, 0.5) is 0 Å². The molecule has 0 aliphatic carbocycles. The van der Waals surface area contributed by atoms with E-state index in [1.165, 1.54) is 0 Å². The first-order chi connectivity index (χ1) is 8.69. The summed E-state index contributed by atoms with van der Waals surface area (Å²) < 4.78 is 10.3. The molecule has 0 aliphatic heterocycles. The van der Waals surface area contributed by atoms with Crippen LogP contribution in [-0.4, -0.2) is 44.4 Å². The highest BCUT2D eigenvalue weighted by Crippen LogP contribution is 2.18. The Bertz CT molecular complexity index is 385. The summed E-state index contributed by atoms with van der Waals surface area (Å²) in [6, 6.07) is 7.93. The van der Waals surface area contributed by atoms with E-state index in [4.69, 9.17) is 21.7 Å². The second-order valence-corrected chi connectivity index (χ2v) is 4.28. The molecular weight excluding hydrogens is 248 g/mol. The molecule has 1 aromatic carbocycles. The summed E-state index contributed by atoms with van der Waals surface area (Å²) in [5.74, 6) is 0.879. The van der Waals surface area contributed by atoms with Crippen molar-refractivity contribution in [2.45, 2.75) is 6.54 Å². The van der Waals surface area contributed by atoms with Crippen molar-refractivity contribution >= 4 is 17.3 Å². The lowest BCUT2D eigenvalue weighted by Gasteiger charge is -2.22. The SMILES string of the molecule is COCCNC(=S)N(C)Cc1ccccc1OC. The number of hydrogen-bond acceptors (Lipinski definition) is 3. The number of nitrogens with one attached hydrogen (secondary N) is 1. The average Bonchev–Trinajstić information content (AvgIpc) is 2.39. The number of nitrogens with zero attached hydrogens (tertiary/aromatic N) is 1. The summed E-state index contributed by atoms with van der Waals surface area (Å²) in [7, 11) is 5.30. The Morgan fingerprint density at radius 3 is 2.72 bits per heavy atom. The van der Waals surface area contributed by atoms with Crippen LogP contribution in [0.25, 0.3) is 0 Å². The molecule has 0 saturated carbocycles. The number of para-hydroxylation sites is 1. The van der Waals surface area contributed by atoms with Gasteiger partial charge in [0.1, 0.15) is 5.75 Å². The van der Waals surface area contributed by atoms with Gasteiger partial charge in [0.15, 0.2) is 5.11 Å². The largest absolute Gasteiger partial charge is 0.496 e. The first-order valence-corrected chi connectivity index (χ1v) is 6.19. The molecule has 0 amide bonds. The molecule has 0 aliphatic rings. The molecule has 0 saturated heterocycles. The van der Waals surface area contributed by atoms with E-state index in [2.05, 4.69) is 5.32 Å². The number of thiocarbonyl (C=S) groups is 1. The molecule has 0 heterocycles. The van der Waals surface area contributed by atoms with Crippen LogP contribution in [0.15, 0.2) is 24.3 Å². The van der Waals surface area contributed by atoms with Gasteiger partial charge >= 0.3 is 0 Å². The van der Waals surface area contributed by atoms with Crippen molar-refractivity contribution in [3.63, 3.8) is 0 Å². The van der Waals surface area contributed by atoms with Crippen LogP contribution < -0.4 is 10.1 Å². The van der Waals surface area contributed by atoms with Crippen LogP contribution in [0, 0.1) is 0 Å². The Labute approximate surface area is 114 Å². The number of hydrogen-bond donors (Lipinski definition) is 1. The predicted molar refractivity (Wildman–Crippen MR) is 76.9 cm³/mol. The van der Waals surface area contributed by atoms with Gasteiger partial charge < -0.3 is 19.7 Å². The van der Waals surface area contributed by atoms with Crippen LogP contribution in [0.2, 0.25) is 0 Å². The summed E-state index contributed by atoms with van der Waals surface area (Å²) >= 11 is 5.29. The van der Waals surface area contributed by atoms with Crippen LogP contribution in [-0.2, 0) is 11.3 Å². The molecule has 0 radical (unpaired) electrons. The van der Waals surface area contributed by atoms with E-state index in [1.807, 2.05) is 36.2 Å². The second kappa shape index (κ2) is 7.89. The molecule has 1 aromatic rings. The Balaban J connectivity index is 2.52. The Kier molecular flexibility index (Phi) is 6.46. The van der Waals surface area contributed by atoms with Crippen LogP contribution in [0.3, 0.4) is 0 Å². The minimum atomic E-state index is 0.642. The molecule has 0 unspecified atom stereocenters. The quantitative estimate of drug-likeness (QED) is 0.627. The van der Waals surface area contributed by atoms with Gasteiger partial charge in [0.2, 0.25) is 0 Å². The highest BCUT2D eigenvalue weighted by atomic mass is 32.1. The third kappa shape index (κ3) is 4.50. The van der Waals surface area contributed by atoms with Gasteiger partial charge in [0, 0.05) is 32.8 Å². The smallest absolute Gasteiger partial charge is 0.169 e.